The Morgan fingerprint density at radius 3 is 2.73 bits per heavy atom. The van der Waals surface area contributed by atoms with Gasteiger partial charge < -0.3 is 15.0 Å². The lowest BCUT2D eigenvalue weighted by Gasteiger charge is -2.04. The van der Waals surface area contributed by atoms with Crippen molar-refractivity contribution in [3.63, 3.8) is 0 Å². The average molecular weight is 201 g/mol. The van der Waals surface area contributed by atoms with Gasteiger partial charge in [0.1, 0.15) is 0 Å². The second-order valence-electron chi connectivity index (χ2n) is 3.63. The number of fused-ring (bicyclic) bond motifs is 1. The quantitative estimate of drug-likeness (QED) is 0.631. The summed E-state index contributed by atoms with van der Waals surface area (Å²) in [5.74, 6) is 0. The fourth-order valence-corrected chi connectivity index (χ4v) is 1.77. The third-order valence-electron chi connectivity index (χ3n) is 2.47. The number of aromatic nitrogens is 1. The van der Waals surface area contributed by atoms with E-state index in [-0.39, 0.29) is 0 Å². The van der Waals surface area contributed by atoms with Gasteiger partial charge in [-0.2, -0.15) is 0 Å². The number of nitrogens with one attached hydrogen (secondary N) is 1. The predicted octanol–water partition coefficient (Wildman–Crippen LogP) is 0.881. The fraction of sp³-hybridized carbons (Fsp3) is 0.0909. The summed E-state index contributed by atoms with van der Waals surface area (Å²) in [6.07, 6.45) is 1.61. The molecule has 1 aromatic heterocycles. The van der Waals surface area contributed by atoms with E-state index in [0.717, 1.165) is 22.0 Å². The summed E-state index contributed by atoms with van der Waals surface area (Å²) in [5.41, 5.74) is 3.22. The number of hydrogen-bond acceptors (Lipinski definition) is 2. The Bertz CT molecular complexity index is 516. The minimum atomic E-state index is -1.46. The van der Waals surface area contributed by atoms with Gasteiger partial charge in [0, 0.05) is 22.6 Å². The van der Waals surface area contributed by atoms with E-state index in [4.69, 9.17) is 0 Å². The van der Waals surface area contributed by atoms with Crippen molar-refractivity contribution < 1.29 is 10.0 Å². The standard InChI is InChI=1S/C11H12BNO2/c1-7(2)8-4-3-5-10-11(8)9(6-13-10)12(14)15/h3-6,13-15H,1H2,2H3. The largest absolute Gasteiger partial charge is 0.490 e. The Labute approximate surface area is 88.2 Å². The highest BCUT2D eigenvalue weighted by atomic mass is 16.4. The molecule has 0 aliphatic rings. The van der Waals surface area contributed by atoms with Crippen LogP contribution in [0.3, 0.4) is 0 Å². The van der Waals surface area contributed by atoms with Crippen LogP contribution < -0.4 is 5.46 Å². The van der Waals surface area contributed by atoms with Gasteiger partial charge >= 0.3 is 7.12 Å². The van der Waals surface area contributed by atoms with Crippen LogP contribution in [0, 0.1) is 0 Å². The molecule has 1 aromatic carbocycles. The molecule has 76 valence electrons. The molecule has 0 unspecified atom stereocenters. The summed E-state index contributed by atoms with van der Waals surface area (Å²) in [6, 6.07) is 5.73. The maximum Gasteiger partial charge on any atom is 0.490 e. The molecule has 0 bridgehead atoms. The molecule has 0 spiro atoms. The van der Waals surface area contributed by atoms with E-state index in [2.05, 4.69) is 11.6 Å². The first kappa shape index (κ1) is 10.0. The van der Waals surface area contributed by atoms with Crippen LogP contribution in [0.2, 0.25) is 0 Å². The Kier molecular flexibility index (Phi) is 2.38. The minimum absolute atomic E-state index is 0.489. The predicted molar refractivity (Wildman–Crippen MR) is 62.8 cm³/mol. The number of rotatable bonds is 2. The molecule has 0 saturated carbocycles. The van der Waals surface area contributed by atoms with Crippen molar-refractivity contribution in [3.8, 4) is 0 Å². The van der Waals surface area contributed by atoms with Crippen LogP contribution in [0.15, 0.2) is 31.0 Å². The molecule has 2 rings (SSSR count). The third-order valence-corrected chi connectivity index (χ3v) is 2.47. The molecule has 15 heavy (non-hydrogen) atoms. The molecule has 0 amide bonds. The lowest BCUT2D eigenvalue weighted by atomic mass is 9.78. The van der Waals surface area contributed by atoms with E-state index in [0.29, 0.717) is 5.46 Å². The van der Waals surface area contributed by atoms with Gasteiger partial charge in [-0.25, -0.2) is 0 Å². The topological polar surface area (TPSA) is 56.2 Å². The van der Waals surface area contributed by atoms with Crippen LogP contribution in [0.25, 0.3) is 16.5 Å². The molecule has 0 fully saturated rings. The van der Waals surface area contributed by atoms with E-state index < -0.39 is 7.12 Å². The van der Waals surface area contributed by atoms with Crippen molar-refractivity contribution in [1.82, 2.24) is 4.98 Å². The molecule has 3 N–H and O–H groups in total. The van der Waals surface area contributed by atoms with E-state index in [1.807, 2.05) is 25.1 Å². The first-order valence-corrected chi connectivity index (χ1v) is 4.73. The van der Waals surface area contributed by atoms with Gasteiger partial charge in [0.25, 0.3) is 0 Å². The fourth-order valence-electron chi connectivity index (χ4n) is 1.77. The van der Waals surface area contributed by atoms with Crippen molar-refractivity contribution in [2.75, 3.05) is 0 Å². The molecule has 0 aliphatic heterocycles. The maximum atomic E-state index is 9.22. The van der Waals surface area contributed by atoms with Gasteiger partial charge in [0.2, 0.25) is 0 Å². The highest BCUT2D eigenvalue weighted by molar-refractivity contribution is 6.62. The minimum Gasteiger partial charge on any atom is -0.423 e. The molecule has 1 heterocycles. The van der Waals surface area contributed by atoms with Crippen molar-refractivity contribution in [1.29, 1.82) is 0 Å². The van der Waals surface area contributed by atoms with Crippen LogP contribution in [-0.2, 0) is 0 Å². The average Bonchev–Trinajstić information content (AvgIpc) is 2.60. The molecule has 0 atom stereocenters. The van der Waals surface area contributed by atoms with Gasteiger partial charge in [0.15, 0.2) is 0 Å². The zero-order valence-electron chi connectivity index (χ0n) is 8.49. The molecule has 0 aliphatic carbocycles. The molecule has 4 heteroatoms. The van der Waals surface area contributed by atoms with Gasteiger partial charge in [-0.15, -0.1) is 0 Å². The van der Waals surface area contributed by atoms with Gasteiger partial charge in [-0.1, -0.05) is 24.3 Å². The van der Waals surface area contributed by atoms with Crippen molar-refractivity contribution in [2.45, 2.75) is 6.92 Å². The smallest absolute Gasteiger partial charge is 0.423 e. The van der Waals surface area contributed by atoms with Crippen LogP contribution in [0.1, 0.15) is 12.5 Å². The number of hydrogen-bond donors (Lipinski definition) is 3. The van der Waals surface area contributed by atoms with Crippen LogP contribution in [0.5, 0.6) is 0 Å². The van der Waals surface area contributed by atoms with Crippen molar-refractivity contribution in [2.24, 2.45) is 0 Å². The Morgan fingerprint density at radius 2 is 2.13 bits per heavy atom. The highest BCUT2D eigenvalue weighted by Crippen LogP contribution is 2.21. The molecule has 3 nitrogen and oxygen atoms in total. The van der Waals surface area contributed by atoms with Gasteiger partial charge in [0.05, 0.1) is 0 Å². The number of allylic oxidation sites excluding steroid dienone is 1. The third kappa shape index (κ3) is 1.58. The van der Waals surface area contributed by atoms with E-state index in [9.17, 15) is 10.0 Å². The van der Waals surface area contributed by atoms with Gasteiger partial charge in [-0.3, -0.25) is 0 Å². The summed E-state index contributed by atoms with van der Waals surface area (Å²) >= 11 is 0. The number of aromatic amines is 1. The summed E-state index contributed by atoms with van der Waals surface area (Å²) in [6.45, 7) is 5.78. The maximum absolute atomic E-state index is 9.22. The second kappa shape index (κ2) is 3.57. The summed E-state index contributed by atoms with van der Waals surface area (Å²) in [5, 5.41) is 19.3. The highest BCUT2D eigenvalue weighted by Gasteiger charge is 2.18. The second-order valence-corrected chi connectivity index (χ2v) is 3.63. The molecular weight excluding hydrogens is 189 g/mol. The SMILES string of the molecule is C=C(C)c1cccc2[nH]cc(B(O)O)c12. The monoisotopic (exact) mass is 201 g/mol. The van der Waals surface area contributed by atoms with Crippen molar-refractivity contribution >= 4 is 29.1 Å². The van der Waals surface area contributed by atoms with E-state index >= 15 is 0 Å². The van der Waals surface area contributed by atoms with E-state index in [1.165, 1.54) is 0 Å². The normalized spacial score (nSPS) is 10.6. The van der Waals surface area contributed by atoms with Crippen LogP contribution in [-0.4, -0.2) is 22.2 Å². The number of benzene rings is 1. The molecule has 0 radical (unpaired) electrons. The van der Waals surface area contributed by atoms with E-state index in [1.54, 1.807) is 6.20 Å². The number of H-pyrrole nitrogens is 1. The lowest BCUT2D eigenvalue weighted by Crippen LogP contribution is -2.29. The zero-order chi connectivity index (χ0) is 11.0. The first-order valence-electron chi connectivity index (χ1n) is 4.73. The van der Waals surface area contributed by atoms with Gasteiger partial charge in [-0.05, 0) is 18.6 Å². The Hall–Kier alpha value is -1.52. The summed E-state index contributed by atoms with van der Waals surface area (Å²) in [4.78, 5) is 3.00. The molecule has 0 saturated heterocycles. The lowest BCUT2D eigenvalue weighted by molar-refractivity contribution is 0.426. The molecular formula is C11H12BNO2. The van der Waals surface area contributed by atoms with Crippen LogP contribution >= 0.6 is 0 Å². The first-order chi connectivity index (χ1) is 7.11. The Balaban J connectivity index is 2.80. The van der Waals surface area contributed by atoms with Crippen LogP contribution in [0.4, 0.5) is 0 Å². The zero-order valence-corrected chi connectivity index (χ0v) is 8.49. The van der Waals surface area contributed by atoms with Crippen molar-refractivity contribution in [3.05, 3.63) is 36.5 Å². The summed E-state index contributed by atoms with van der Waals surface area (Å²) < 4.78 is 0. The Morgan fingerprint density at radius 1 is 1.40 bits per heavy atom. The molecule has 2 aromatic rings. The summed E-state index contributed by atoms with van der Waals surface area (Å²) in [7, 11) is -1.46.